The molecule has 2 rings (SSSR count). The molecule has 0 unspecified atom stereocenters. The van der Waals surface area contributed by atoms with Gasteiger partial charge in [-0.25, -0.2) is 0 Å². The molecule has 0 radical (unpaired) electrons. The first-order valence-corrected chi connectivity index (χ1v) is 6.67. The Hall–Kier alpha value is -0.730. The number of aryl methyl sites for hydroxylation is 1. The predicted octanol–water partition coefficient (Wildman–Crippen LogP) is 3.25. The first-order valence-electron chi connectivity index (χ1n) is 6.14. The van der Waals surface area contributed by atoms with Crippen molar-refractivity contribution in [3.8, 4) is 5.75 Å². The number of halogens is 1. The van der Waals surface area contributed by atoms with Crippen LogP contribution in [0.1, 0.15) is 30.4 Å². The number of benzene rings is 1. The number of nitrogens with one attached hydrogen (secondary N) is 1. The van der Waals surface area contributed by atoms with Crippen molar-refractivity contribution in [3.63, 3.8) is 0 Å². The second-order valence-corrected chi connectivity index (χ2v) is 5.20. The molecule has 1 N–H and O–H groups in total. The van der Waals surface area contributed by atoms with Gasteiger partial charge in [0.05, 0.1) is 7.11 Å². The van der Waals surface area contributed by atoms with Crippen LogP contribution in [0, 0.1) is 6.92 Å². The summed E-state index contributed by atoms with van der Waals surface area (Å²) < 4.78 is 5.38. The zero-order chi connectivity index (χ0) is 12.3. The van der Waals surface area contributed by atoms with Crippen LogP contribution >= 0.6 is 11.6 Å². The Morgan fingerprint density at radius 2 is 2.18 bits per heavy atom. The quantitative estimate of drug-likeness (QED) is 0.814. The van der Waals surface area contributed by atoms with Gasteiger partial charge in [-0.1, -0.05) is 17.7 Å². The van der Waals surface area contributed by atoms with E-state index in [9.17, 15) is 0 Å². The maximum Gasteiger partial charge on any atom is 0.123 e. The average Bonchev–Trinajstić information content (AvgIpc) is 2.28. The molecule has 0 amide bonds. The molecule has 0 aliphatic heterocycles. The summed E-state index contributed by atoms with van der Waals surface area (Å²) in [4.78, 5) is 0. The number of rotatable bonds is 5. The van der Waals surface area contributed by atoms with Gasteiger partial charge in [-0.05, 0) is 32.3 Å². The molecule has 1 saturated carbocycles. The molecule has 94 valence electrons. The fourth-order valence-electron chi connectivity index (χ4n) is 2.29. The van der Waals surface area contributed by atoms with Crippen LogP contribution in [0.2, 0.25) is 0 Å². The van der Waals surface area contributed by atoms with Gasteiger partial charge in [0.25, 0.3) is 0 Å². The summed E-state index contributed by atoms with van der Waals surface area (Å²) in [5.74, 6) is 1.65. The topological polar surface area (TPSA) is 21.3 Å². The molecule has 0 atom stereocenters. The van der Waals surface area contributed by atoms with E-state index in [0.29, 0.717) is 5.88 Å². The number of ether oxygens (including phenoxy) is 1. The highest BCUT2D eigenvalue weighted by atomic mass is 35.5. The Kier molecular flexibility index (Phi) is 3.95. The lowest BCUT2D eigenvalue weighted by atomic mass is 9.78. The van der Waals surface area contributed by atoms with E-state index in [-0.39, 0.29) is 5.54 Å². The van der Waals surface area contributed by atoms with E-state index in [1.807, 2.05) is 6.07 Å². The second kappa shape index (κ2) is 5.28. The van der Waals surface area contributed by atoms with Crippen LogP contribution in [0.15, 0.2) is 18.2 Å². The maximum atomic E-state index is 6.04. The summed E-state index contributed by atoms with van der Waals surface area (Å²) in [5, 5.41) is 3.59. The fraction of sp³-hybridized carbons (Fsp3) is 0.571. The smallest absolute Gasteiger partial charge is 0.123 e. The van der Waals surface area contributed by atoms with Crippen LogP contribution in [0.25, 0.3) is 0 Å². The lowest BCUT2D eigenvalue weighted by Crippen LogP contribution is -2.52. The molecule has 2 nitrogen and oxygen atoms in total. The standard InChI is InChI=1S/C14H20ClNO/c1-11-4-5-13(17-2)12(8-11)9-16-14(10-15)6-3-7-14/h4-5,8,16H,3,6-7,9-10H2,1-2H3. The summed E-state index contributed by atoms with van der Waals surface area (Å²) in [5.41, 5.74) is 2.64. The Balaban J connectivity index is 2.05. The van der Waals surface area contributed by atoms with Crippen LogP contribution in [0.4, 0.5) is 0 Å². The van der Waals surface area contributed by atoms with Crippen molar-refractivity contribution >= 4 is 11.6 Å². The van der Waals surface area contributed by atoms with E-state index in [2.05, 4.69) is 24.4 Å². The number of hydrogen-bond donors (Lipinski definition) is 1. The zero-order valence-corrected chi connectivity index (χ0v) is 11.3. The lowest BCUT2D eigenvalue weighted by Gasteiger charge is -2.41. The zero-order valence-electron chi connectivity index (χ0n) is 10.6. The second-order valence-electron chi connectivity index (χ2n) is 4.94. The van der Waals surface area contributed by atoms with Gasteiger partial charge < -0.3 is 10.1 Å². The fourth-order valence-corrected chi connectivity index (χ4v) is 2.65. The molecule has 1 aromatic rings. The van der Waals surface area contributed by atoms with E-state index < -0.39 is 0 Å². The largest absolute Gasteiger partial charge is 0.496 e. The van der Waals surface area contributed by atoms with Gasteiger partial charge in [0.2, 0.25) is 0 Å². The molecule has 1 aromatic carbocycles. The summed E-state index contributed by atoms with van der Waals surface area (Å²) >= 11 is 6.04. The normalized spacial score (nSPS) is 17.6. The SMILES string of the molecule is COc1ccc(C)cc1CNC1(CCl)CCC1. The minimum absolute atomic E-state index is 0.163. The molecule has 0 saturated heterocycles. The molecule has 1 aliphatic carbocycles. The molecular weight excluding hydrogens is 234 g/mol. The van der Waals surface area contributed by atoms with Crippen molar-refractivity contribution in [3.05, 3.63) is 29.3 Å². The summed E-state index contributed by atoms with van der Waals surface area (Å²) in [7, 11) is 1.72. The molecule has 1 fully saturated rings. The minimum atomic E-state index is 0.163. The van der Waals surface area contributed by atoms with Crippen LogP contribution in [-0.4, -0.2) is 18.5 Å². The minimum Gasteiger partial charge on any atom is -0.496 e. The third-order valence-electron chi connectivity index (χ3n) is 3.66. The maximum absolute atomic E-state index is 6.04. The summed E-state index contributed by atoms with van der Waals surface area (Å²) in [6.45, 7) is 2.93. The van der Waals surface area contributed by atoms with E-state index >= 15 is 0 Å². The Bertz CT molecular complexity index is 382. The Labute approximate surface area is 108 Å². The molecule has 3 heteroatoms. The first kappa shape index (κ1) is 12.7. The monoisotopic (exact) mass is 253 g/mol. The highest BCUT2D eigenvalue weighted by Gasteiger charge is 2.35. The van der Waals surface area contributed by atoms with Crippen molar-refractivity contribution in [1.82, 2.24) is 5.32 Å². The van der Waals surface area contributed by atoms with Gasteiger partial charge in [0, 0.05) is 23.5 Å². The molecule has 0 heterocycles. The lowest BCUT2D eigenvalue weighted by molar-refractivity contribution is 0.210. The van der Waals surface area contributed by atoms with Crippen molar-refractivity contribution in [1.29, 1.82) is 0 Å². The number of methoxy groups -OCH3 is 1. The van der Waals surface area contributed by atoms with Gasteiger partial charge in [-0.2, -0.15) is 0 Å². The number of alkyl halides is 1. The van der Waals surface area contributed by atoms with Crippen LogP contribution in [-0.2, 0) is 6.54 Å². The summed E-state index contributed by atoms with van der Waals surface area (Å²) in [6, 6.07) is 6.27. The average molecular weight is 254 g/mol. The Morgan fingerprint density at radius 3 is 2.71 bits per heavy atom. The third kappa shape index (κ3) is 2.75. The van der Waals surface area contributed by atoms with Crippen molar-refractivity contribution in [2.45, 2.75) is 38.3 Å². The van der Waals surface area contributed by atoms with E-state index in [1.54, 1.807) is 7.11 Å². The number of hydrogen-bond acceptors (Lipinski definition) is 2. The molecule has 1 aliphatic rings. The highest BCUT2D eigenvalue weighted by molar-refractivity contribution is 6.18. The van der Waals surface area contributed by atoms with Crippen LogP contribution in [0.5, 0.6) is 5.75 Å². The van der Waals surface area contributed by atoms with Crippen LogP contribution < -0.4 is 10.1 Å². The first-order chi connectivity index (χ1) is 8.19. The van der Waals surface area contributed by atoms with Gasteiger partial charge in [0.15, 0.2) is 0 Å². The Morgan fingerprint density at radius 1 is 1.41 bits per heavy atom. The molecule has 0 spiro atoms. The van der Waals surface area contributed by atoms with Gasteiger partial charge in [-0.3, -0.25) is 0 Å². The van der Waals surface area contributed by atoms with Gasteiger partial charge in [-0.15, -0.1) is 11.6 Å². The van der Waals surface area contributed by atoms with E-state index in [1.165, 1.54) is 30.4 Å². The van der Waals surface area contributed by atoms with Crippen molar-refractivity contribution in [2.24, 2.45) is 0 Å². The van der Waals surface area contributed by atoms with Crippen LogP contribution in [0.3, 0.4) is 0 Å². The molecule has 0 bridgehead atoms. The van der Waals surface area contributed by atoms with Crippen molar-refractivity contribution < 1.29 is 4.74 Å². The third-order valence-corrected chi connectivity index (χ3v) is 4.17. The van der Waals surface area contributed by atoms with Gasteiger partial charge >= 0.3 is 0 Å². The predicted molar refractivity (Wildman–Crippen MR) is 71.9 cm³/mol. The highest BCUT2D eigenvalue weighted by Crippen LogP contribution is 2.33. The molecule has 17 heavy (non-hydrogen) atoms. The summed E-state index contributed by atoms with van der Waals surface area (Å²) in [6.07, 6.45) is 3.65. The van der Waals surface area contributed by atoms with E-state index in [4.69, 9.17) is 16.3 Å². The van der Waals surface area contributed by atoms with E-state index in [0.717, 1.165) is 12.3 Å². The molecule has 0 aromatic heterocycles. The van der Waals surface area contributed by atoms with Crippen molar-refractivity contribution in [2.75, 3.05) is 13.0 Å². The molecular formula is C14H20ClNO. The van der Waals surface area contributed by atoms with Gasteiger partial charge in [0.1, 0.15) is 5.75 Å².